The van der Waals surface area contributed by atoms with E-state index in [0.29, 0.717) is 0 Å². The third kappa shape index (κ3) is 6.27. The Hall–Kier alpha value is -8.16. The van der Waals surface area contributed by atoms with Gasteiger partial charge in [-0.25, -0.2) is 9.97 Å². The summed E-state index contributed by atoms with van der Waals surface area (Å²) in [4.78, 5) is 21.3. The maximum absolute atomic E-state index is 5.36. The van der Waals surface area contributed by atoms with Crippen molar-refractivity contribution in [2.24, 2.45) is 0 Å². The van der Waals surface area contributed by atoms with Crippen LogP contribution in [0.15, 0.2) is 200 Å². The van der Waals surface area contributed by atoms with Gasteiger partial charge in [0.25, 0.3) is 0 Å². The zero-order valence-corrected chi connectivity index (χ0v) is 31.7. The zero-order chi connectivity index (χ0) is 39.1. The summed E-state index contributed by atoms with van der Waals surface area (Å²) in [5.74, 6) is 0. The highest BCUT2D eigenvalue weighted by atomic mass is 15.5. The standard InChI is InChI=1S/C52H33N7/c1-3-14-36(15-4-1)42-33-43-49(52-51(42)57-59(58-52)40-18-5-2-6-19-40)41-20-7-8-21-44(41)56-50(43)38-17-13-16-37(30-38)34-24-26-35(27-25-34)39-31-47(45-22-9-11-28-53-45)55-48(32-39)46-23-10-12-29-54-46/h1-33H. The molecule has 7 nitrogen and oxygen atoms in total. The molecule has 11 rings (SSSR count). The van der Waals surface area contributed by atoms with Crippen LogP contribution in [0.25, 0.3) is 106 Å². The highest BCUT2D eigenvalue weighted by Gasteiger charge is 2.21. The third-order valence-corrected chi connectivity index (χ3v) is 10.8. The number of benzene rings is 6. The lowest BCUT2D eigenvalue weighted by molar-refractivity contribution is 0.766. The van der Waals surface area contributed by atoms with Crippen molar-refractivity contribution in [2.75, 3.05) is 0 Å². The van der Waals surface area contributed by atoms with E-state index in [2.05, 4.69) is 119 Å². The molecule has 0 aliphatic heterocycles. The molecule has 5 heterocycles. The molecule has 59 heavy (non-hydrogen) atoms. The molecule has 0 atom stereocenters. The second kappa shape index (κ2) is 14.4. The van der Waals surface area contributed by atoms with Gasteiger partial charge in [-0.2, -0.15) is 4.80 Å². The number of nitrogens with zero attached hydrogens (tertiary/aromatic N) is 7. The summed E-state index contributed by atoms with van der Waals surface area (Å²) >= 11 is 0. The van der Waals surface area contributed by atoms with Crippen molar-refractivity contribution in [1.29, 1.82) is 0 Å². The minimum atomic E-state index is 0.797. The summed E-state index contributed by atoms with van der Waals surface area (Å²) in [5, 5.41) is 13.4. The Labute approximate surface area is 340 Å². The number of aromatic nitrogens is 7. The lowest BCUT2D eigenvalue weighted by Crippen LogP contribution is -1.97. The Morgan fingerprint density at radius 2 is 0.949 bits per heavy atom. The molecule has 0 saturated heterocycles. The van der Waals surface area contributed by atoms with Crippen LogP contribution in [0, 0.1) is 0 Å². The Morgan fingerprint density at radius 1 is 0.356 bits per heavy atom. The average molecular weight is 756 g/mol. The largest absolute Gasteiger partial charge is 0.255 e. The molecule has 0 amide bonds. The topological polar surface area (TPSA) is 82.3 Å². The van der Waals surface area contributed by atoms with Crippen LogP contribution in [-0.2, 0) is 0 Å². The van der Waals surface area contributed by atoms with Crippen molar-refractivity contribution in [1.82, 2.24) is 34.9 Å². The number of para-hydroxylation sites is 2. The van der Waals surface area contributed by atoms with Crippen molar-refractivity contribution < 1.29 is 0 Å². The molecule has 0 bridgehead atoms. The van der Waals surface area contributed by atoms with Crippen LogP contribution < -0.4 is 0 Å². The molecule has 0 N–H and O–H groups in total. The van der Waals surface area contributed by atoms with Gasteiger partial charge in [0.2, 0.25) is 0 Å². The molecule has 7 heteroatoms. The van der Waals surface area contributed by atoms with E-state index in [9.17, 15) is 0 Å². The lowest BCUT2D eigenvalue weighted by atomic mass is 9.93. The monoisotopic (exact) mass is 755 g/mol. The van der Waals surface area contributed by atoms with Gasteiger partial charge in [-0.15, -0.1) is 10.2 Å². The molecule has 11 aromatic rings. The number of hydrogen-bond donors (Lipinski definition) is 0. The molecule has 276 valence electrons. The van der Waals surface area contributed by atoms with Crippen molar-refractivity contribution >= 4 is 32.7 Å². The Balaban J connectivity index is 1.05. The second-order valence-electron chi connectivity index (χ2n) is 14.4. The van der Waals surface area contributed by atoms with Crippen molar-refractivity contribution in [2.45, 2.75) is 0 Å². The van der Waals surface area contributed by atoms with Gasteiger partial charge in [0.05, 0.1) is 39.7 Å². The predicted molar refractivity (Wildman–Crippen MR) is 238 cm³/mol. The highest BCUT2D eigenvalue weighted by Crippen LogP contribution is 2.41. The number of fused-ring (bicyclic) bond motifs is 5. The predicted octanol–water partition coefficient (Wildman–Crippen LogP) is 12.3. The van der Waals surface area contributed by atoms with Gasteiger partial charge in [-0.1, -0.05) is 121 Å². The van der Waals surface area contributed by atoms with Crippen molar-refractivity contribution in [3.05, 3.63) is 200 Å². The summed E-state index contributed by atoms with van der Waals surface area (Å²) in [5.41, 5.74) is 15.0. The molecule has 0 unspecified atom stereocenters. The molecule has 0 aliphatic rings. The first-order valence-electron chi connectivity index (χ1n) is 19.5. The summed E-state index contributed by atoms with van der Waals surface area (Å²) in [6.45, 7) is 0. The Morgan fingerprint density at radius 3 is 1.64 bits per heavy atom. The fraction of sp³-hybridized carbons (Fsp3) is 0. The summed E-state index contributed by atoms with van der Waals surface area (Å²) in [6.07, 6.45) is 3.59. The van der Waals surface area contributed by atoms with E-state index in [0.717, 1.165) is 106 Å². The van der Waals surface area contributed by atoms with E-state index in [-0.39, 0.29) is 0 Å². The van der Waals surface area contributed by atoms with E-state index in [1.54, 1.807) is 17.2 Å². The first-order chi connectivity index (χ1) is 29.2. The summed E-state index contributed by atoms with van der Waals surface area (Å²) in [7, 11) is 0. The molecular weight excluding hydrogens is 723 g/mol. The Kier molecular flexibility index (Phi) is 8.33. The molecule has 0 fully saturated rings. The molecule has 0 spiro atoms. The van der Waals surface area contributed by atoms with Crippen LogP contribution in [0.1, 0.15) is 0 Å². The lowest BCUT2D eigenvalue weighted by Gasteiger charge is -2.14. The van der Waals surface area contributed by atoms with E-state index >= 15 is 0 Å². The van der Waals surface area contributed by atoms with Crippen LogP contribution in [0.2, 0.25) is 0 Å². The molecule has 0 radical (unpaired) electrons. The van der Waals surface area contributed by atoms with E-state index in [4.69, 9.17) is 20.2 Å². The maximum atomic E-state index is 5.36. The van der Waals surface area contributed by atoms with E-state index in [1.165, 1.54) is 0 Å². The van der Waals surface area contributed by atoms with Crippen LogP contribution in [0.4, 0.5) is 0 Å². The fourth-order valence-corrected chi connectivity index (χ4v) is 7.92. The molecular formula is C52H33N7. The first-order valence-corrected chi connectivity index (χ1v) is 19.5. The van der Waals surface area contributed by atoms with Gasteiger partial charge in [-0.05, 0) is 94.5 Å². The van der Waals surface area contributed by atoms with Gasteiger partial charge < -0.3 is 0 Å². The molecule has 6 aromatic carbocycles. The van der Waals surface area contributed by atoms with Gasteiger partial charge in [0.15, 0.2) is 0 Å². The first kappa shape index (κ1) is 34.1. The minimum absolute atomic E-state index is 0.797. The van der Waals surface area contributed by atoms with E-state index in [1.807, 2.05) is 78.9 Å². The number of pyridine rings is 4. The molecule has 0 aliphatic carbocycles. The van der Waals surface area contributed by atoms with Gasteiger partial charge in [0.1, 0.15) is 11.0 Å². The van der Waals surface area contributed by atoms with Crippen LogP contribution in [0.3, 0.4) is 0 Å². The minimum Gasteiger partial charge on any atom is -0.255 e. The maximum Gasteiger partial charge on any atom is 0.122 e. The quantitative estimate of drug-likeness (QED) is 0.151. The average Bonchev–Trinajstić information content (AvgIpc) is 3.78. The SMILES string of the molecule is c1ccc(-c2cc3c(-c4cccc(-c5ccc(-c6cc(-c7ccccn7)nc(-c7ccccn7)c6)cc5)c4)nc4ccccc4c3c3nn(-c4ccccc4)nc23)cc1. The fourth-order valence-electron chi connectivity index (χ4n) is 7.92. The molecule has 5 aromatic heterocycles. The van der Waals surface area contributed by atoms with Gasteiger partial charge >= 0.3 is 0 Å². The zero-order valence-electron chi connectivity index (χ0n) is 31.7. The normalized spacial score (nSPS) is 11.4. The van der Waals surface area contributed by atoms with Crippen LogP contribution >= 0.6 is 0 Å². The Bertz CT molecular complexity index is 3240. The van der Waals surface area contributed by atoms with Crippen molar-refractivity contribution in [3.63, 3.8) is 0 Å². The van der Waals surface area contributed by atoms with Gasteiger partial charge in [0, 0.05) is 39.7 Å². The van der Waals surface area contributed by atoms with Crippen molar-refractivity contribution in [3.8, 4) is 73.1 Å². The smallest absolute Gasteiger partial charge is 0.122 e. The van der Waals surface area contributed by atoms with Crippen LogP contribution in [-0.4, -0.2) is 34.9 Å². The second-order valence-corrected chi connectivity index (χ2v) is 14.4. The molecule has 0 saturated carbocycles. The van der Waals surface area contributed by atoms with Gasteiger partial charge in [-0.3, -0.25) is 9.97 Å². The van der Waals surface area contributed by atoms with Crippen LogP contribution in [0.5, 0.6) is 0 Å². The summed E-state index contributed by atoms with van der Waals surface area (Å²) < 4.78 is 0. The number of rotatable bonds is 7. The number of hydrogen-bond acceptors (Lipinski definition) is 6. The highest BCUT2D eigenvalue weighted by molar-refractivity contribution is 6.23. The van der Waals surface area contributed by atoms with E-state index < -0.39 is 0 Å². The third-order valence-electron chi connectivity index (χ3n) is 10.8. The summed E-state index contributed by atoms with van der Waals surface area (Å²) in [6, 6.07) is 64.4.